The molecule has 2 heterocycles. The number of nitrogens with zero attached hydrogens (tertiary/aromatic N) is 1. The van der Waals surface area contributed by atoms with Gasteiger partial charge in [-0.1, -0.05) is 51.3 Å². The van der Waals surface area contributed by atoms with Gasteiger partial charge in [0.2, 0.25) is 0 Å². The largest absolute Gasteiger partial charge is 0.507 e. The second-order valence-electron chi connectivity index (χ2n) is 8.65. The molecule has 0 aliphatic carbocycles. The average molecular weight is 600 g/mol. The molecule has 1 saturated heterocycles. The standard InChI is InChI=1S/C28H21BrCl2N2O4/c1-37-19-6-8-23-21(13-19)16(14-32-23)9-10-33-25(15-3-2-4-17(29)11-15)24(27(35)28(33)36)26(34)20-7-5-18(30)12-22(20)31/h2-8,11-14,25,32,34H,9-10H2,1H3/t25-/m0/s1. The van der Waals surface area contributed by atoms with E-state index >= 15 is 0 Å². The smallest absolute Gasteiger partial charge is 0.295 e. The topological polar surface area (TPSA) is 82.6 Å². The Hall–Kier alpha value is -3.26. The van der Waals surface area contributed by atoms with Gasteiger partial charge in [-0.15, -0.1) is 0 Å². The minimum atomic E-state index is -0.802. The lowest BCUT2D eigenvalue weighted by atomic mass is 9.95. The molecule has 3 aromatic carbocycles. The van der Waals surface area contributed by atoms with E-state index in [1.165, 1.54) is 17.0 Å². The molecule has 4 aromatic rings. The minimum absolute atomic E-state index is 0.0204. The molecule has 9 heteroatoms. The Morgan fingerprint density at radius 3 is 2.65 bits per heavy atom. The zero-order valence-electron chi connectivity index (χ0n) is 19.6. The molecule has 6 nitrogen and oxygen atoms in total. The van der Waals surface area contributed by atoms with Gasteiger partial charge in [0, 0.05) is 38.7 Å². The lowest BCUT2D eigenvalue weighted by molar-refractivity contribution is -0.139. The number of aliphatic hydroxyl groups is 1. The number of methoxy groups -OCH3 is 1. The highest BCUT2D eigenvalue weighted by Gasteiger charge is 2.46. The van der Waals surface area contributed by atoms with Crippen molar-refractivity contribution in [3.8, 4) is 5.75 Å². The molecular weight excluding hydrogens is 579 g/mol. The van der Waals surface area contributed by atoms with Crippen LogP contribution in [0.2, 0.25) is 10.0 Å². The number of fused-ring (bicyclic) bond motifs is 1. The van der Waals surface area contributed by atoms with Gasteiger partial charge in [0.15, 0.2) is 0 Å². The summed E-state index contributed by atoms with van der Waals surface area (Å²) in [6.45, 7) is 0.247. The SMILES string of the molecule is COc1ccc2[nH]cc(CCN3C(=O)C(=O)C(=C(O)c4ccc(Cl)cc4Cl)[C@@H]3c3cccc(Br)c3)c2c1. The number of amides is 1. The summed E-state index contributed by atoms with van der Waals surface area (Å²) in [4.78, 5) is 31.4. The van der Waals surface area contributed by atoms with Gasteiger partial charge in [-0.2, -0.15) is 0 Å². The van der Waals surface area contributed by atoms with E-state index < -0.39 is 17.7 Å². The van der Waals surface area contributed by atoms with Crippen molar-refractivity contribution in [2.75, 3.05) is 13.7 Å². The van der Waals surface area contributed by atoms with Crippen molar-refractivity contribution in [2.45, 2.75) is 12.5 Å². The Kier molecular flexibility index (Phi) is 7.03. The number of carbonyl (C=O) groups excluding carboxylic acids is 2. The van der Waals surface area contributed by atoms with E-state index in [2.05, 4.69) is 20.9 Å². The molecule has 2 N–H and O–H groups in total. The molecule has 5 rings (SSSR count). The Labute approximate surface area is 231 Å². The highest BCUT2D eigenvalue weighted by atomic mass is 79.9. The normalized spacial score (nSPS) is 17.1. The number of carbonyl (C=O) groups is 2. The number of aromatic amines is 1. The number of ether oxygens (including phenoxy) is 1. The van der Waals surface area contributed by atoms with Gasteiger partial charge >= 0.3 is 0 Å². The fourth-order valence-electron chi connectivity index (χ4n) is 4.69. The van der Waals surface area contributed by atoms with Gasteiger partial charge in [-0.3, -0.25) is 9.59 Å². The van der Waals surface area contributed by atoms with Crippen LogP contribution in [0.4, 0.5) is 0 Å². The maximum atomic E-state index is 13.3. The first kappa shape index (κ1) is 25.4. The molecule has 0 spiro atoms. The molecule has 1 aliphatic rings. The molecule has 0 unspecified atom stereocenters. The van der Waals surface area contributed by atoms with Crippen molar-refractivity contribution in [3.63, 3.8) is 0 Å². The van der Waals surface area contributed by atoms with Gasteiger partial charge in [-0.05, 0) is 66.1 Å². The number of halogens is 3. The van der Waals surface area contributed by atoms with Crippen LogP contribution in [-0.4, -0.2) is 40.3 Å². The van der Waals surface area contributed by atoms with Crippen LogP contribution in [0.15, 0.2) is 76.9 Å². The van der Waals surface area contributed by atoms with Crippen molar-refractivity contribution in [1.82, 2.24) is 9.88 Å². The Bertz CT molecular complexity index is 1580. The van der Waals surface area contributed by atoms with E-state index in [-0.39, 0.29) is 28.5 Å². The summed E-state index contributed by atoms with van der Waals surface area (Å²) in [6, 6.07) is 16.8. The molecule has 1 fully saturated rings. The lowest BCUT2D eigenvalue weighted by Gasteiger charge is -2.25. The molecule has 1 aromatic heterocycles. The third-order valence-corrected chi connectivity index (χ3v) is 7.53. The number of hydrogen-bond donors (Lipinski definition) is 2. The number of likely N-dealkylation sites (tertiary alicyclic amines) is 1. The summed E-state index contributed by atoms with van der Waals surface area (Å²) in [5.74, 6) is -1.07. The number of H-pyrrole nitrogens is 1. The molecule has 188 valence electrons. The van der Waals surface area contributed by atoms with E-state index in [0.29, 0.717) is 17.0 Å². The number of benzene rings is 3. The predicted octanol–water partition coefficient (Wildman–Crippen LogP) is 6.91. The van der Waals surface area contributed by atoms with Gasteiger partial charge in [0.1, 0.15) is 11.5 Å². The Morgan fingerprint density at radius 1 is 1.11 bits per heavy atom. The van der Waals surface area contributed by atoms with Crippen LogP contribution in [0.25, 0.3) is 16.7 Å². The van der Waals surface area contributed by atoms with Crippen LogP contribution >= 0.6 is 39.1 Å². The average Bonchev–Trinajstić information content (AvgIpc) is 3.40. The molecule has 0 bridgehead atoms. The van der Waals surface area contributed by atoms with Gasteiger partial charge in [0.25, 0.3) is 11.7 Å². The predicted molar refractivity (Wildman–Crippen MR) is 148 cm³/mol. The van der Waals surface area contributed by atoms with Crippen LogP contribution in [0.1, 0.15) is 22.7 Å². The van der Waals surface area contributed by atoms with Crippen LogP contribution in [0.3, 0.4) is 0 Å². The van der Waals surface area contributed by atoms with Crippen molar-refractivity contribution in [2.24, 2.45) is 0 Å². The Balaban J connectivity index is 1.58. The number of nitrogens with one attached hydrogen (secondary N) is 1. The zero-order chi connectivity index (χ0) is 26.3. The molecule has 0 saturated carbocycles. The lowest BCUT2D eigenvalue weighted by Crippen LogP contribution is -2.31. The first-order chi connectivity index (χ1) is 17.8. The van der Waals surface area contributed by atoms with E-state index in [0.717, 1.165) is 26.7 Å². The number of ketones is 1. The molecular formula is C28H21BrCl2N2O4. The van der Waals surface area contributed by atoms with E-state index in [9.17, 15) is 14.7 Å². The van der Waals surface area contributed by atoms with E-state index in [1.807, 2.05) is 48.7 Å². The summed E-state index contributed by atoms with van der Waals surface area (Å²) in [7, 11) is 1.61. The molecule has 1 amide bonds. The maximum absolute atomic E-state index is 13.3. The van der Waals surface area contributed by atoms with Crippen molar-refractivity contribution < 1.29 is 19.4 Å². The van der Waals surface area contributed by atoms with Crippen molar-refractivity contribution in [1.29, 1.82) is 0 Å². The third-order valence-electron chi connectivity index (χ3n) is 6.49. The monoisotopic (exact) mass is 598 g/mol. The van der Waals surface area contributed by atoms with Gasteiger partial charge in [-0.25, -0.2) is 0 Å². The molecule has 0 radical (unpaired) electrons. The number of rotatable bonds is 6. The number of hydrogen-bond acceptors (Lipinski definition) is 4. The van der Waals surface area contributed by atoms with Gasteiger partial charge < -0.3 is 19.7 Å². The summed E-state index contributed by atoms with van der Waals surface area (Å²) in [5.41, 5.74) is 2.81. The maximum Gasteiger partial charge on any atom is 0.295 e. The van der Waals surface area contributed by atoms with Crippen molar-refractivity contribution in [3.05, 3.63) is 104 Å². The highest BCUT2D eigenvalue weighted by molar-refractivity contribution is 9.10. The summed E-state index contributed by atoms with van der Waals surface area (Å²) >= 11 is 15.8. The van der Waals surface area contributed by atoms with Crippen LogP contribution in [-0.2, 0) is 16.0 Å². The number of Topliss-reactive ketones (excluding diaryl/α,β-unsaturated/α-hetero) is 1. The van der Waals surface area contributed by atoms with Crippen molar-refractivity contribution >= 4 is 67.5 Å². The molecule has 1 atom stereocenters. The summed E-state index contributed by atoms with van der Waals surface area (Å²) < 4.78 is 6.14. The van der Waals surface area contributed by atoms with E-state index in [4.69, 9.17) is 27.9 Å². The summed E-state index contributed by atoms with van der Waals surface area (Å²) in [6.07, 6.45) is 2.37. The Morgan fingerprint density at radius 2 is 1.92 bits per heavy atom. The minimum Gasteiger partial charge on any atom is -0.507 e. The molecule has 1 aliphatic heterocycles. The highest BCUT2D eigenvalue weighted by Crippen LogP contribution is 2.41. The summed E-state index contributed by atoms with van der Waals surface area (Å²) in [5, 5.41) is 12.8. The first-order valence-electron chi connectivity index (χ1n) is 11.4. The second kappa shape index (κ2) is 10.2. The van der Waals surface area contributed by atoms with Crippen LogP contribution in [0.5, 0.6) is 5.75 Å². The van der Waals surface area contributed by atoms with Crippen LogP contribution in [0, 0.1) is 0 Å². The quantitative estimate of drug-likeness (QED) is 0.143. The van der Waals surface area contributed by atoms with Gasteiger partial charge in [0.05, 0.1) is 23.7 Å². The number of aromatic nitrogens is 1. The fourth-order valence-corrected chi connectivity index (χ4v) is 5.61. The van der Waals surface area contributed by atoms with Crippen LogP contribution < -0.4 is 4.74 Å². The molecule has 37 heavy (non-hydrogen) atoms. The zero-order valence-corrected chi connectivity index (χ0v) is 22.7. The third kappa shape index (κ3) is 4.75. The fraction of sp³-hybridized carbons (Fsp3) is 0.143. The number of aliphatic hydroxyl groups excluding tert-OH is 1. The second-order valence-corrected chi connectivity index (χ2v) is 10.4. The first-order valence-corrected chi connectivity index (χ1v) is 13.0. The van der Waals surface area contributed by atoms with E-state index in [1.54, 1.807) is 13.2 Å².